The van der Waals surface area contributed by atoms with Gasteiger partial charge in [-0.3, -0.25) is 14.9 Å². The van der Waals surface area contributed by atoms with Crippen molar-refractivity contribution in [2.75, 3.05) is 13.1 Å². The van der Waals surface area contributed by atoms with Crippen LogP contribution in [0.5, 0.6) is 0 Å². The number of halogens is 1. The van der Waals surface area contributed by atoms with Gasteiger partial charge < -0.3 is 10.6 Å². The molecule has 1 atom stereocenters. The van der Waals surface area contributed by atoms with E-state index in [1.807, 2.05) is 0 Å². The van der Waals surface area contributed by atoms with E-state index in [0.717, 1.165) is 30.8 Å². The molecule has 1 amide bonds. The minimum atomic E-state index is -0.488. The maximum absolute atomic E-state index is 11.7. The van der Waals surface area contributed by atoms with Gasteiger partial charge in [-0.2, -0.15) is 0 Å². The van der Waals surface area contributed by atoms with Crippen LogP contribution < -0.4 is 10.6 Å². The summed E-state index contributed by atoms with van der Waals surface area (Å²) in [4.78, 5) is 22.0. The predicted molar refractivity (Wildman–Crippen MR) is 67.0 cm³/mol. The molecular weight excluding hydrogens is 266 g/mol. The van der Waals surface area contributed by atoms with Gasteiger partial charge in [-0.05, 0) is 19.0 Å². The summed E-state index contributed by atoms with van der Waals surface area (Å²) in [5, 5.41) is 16.4. The molecule has 8 heteroatoms. The Labute approximate surface area is 108 Å². The SMILES string of the molecule is Cl.O=C(NC1CCNC1)c1ccc([N+](=O)[O-])s1. The predicted octanol–water partition coefficient (Wildman–Crippen LogP) is 1.17. The van der Waals surface area contributed by atoms with Gasteiger partial charge in [0.05, 0.1) is 9.80 Å². The summed E-state index contributed by atoms with van der Waals surface area (Å²) in [5.41, 5.74) is 0. The topological polar surface area (TPSA) is 84.3 Å². The van der Waals surface area contributed by atoms with Crippen LogP contribution in [0, 0.1) is 10.1 Å². The molecule has 1 saturated heterocycles. The average Bonchev–Trinajstić information content (AvgIpc) is 2.86. The van der Waals surface area contributed by atoms with E-state index in [2.05, 4.69) is 10.6 Å². The first-order valence-corrected chi connectivity index (χ1v) is 5.74. The van der Waals surface area contributed by atoms with Crippen molar-refractivity contribution in [2.24, 2.45) is 0 Å². The standard InChI is InChI=1S/C9H11N3O3S.ClH/c13-9(11-6-3-4-10-5-6)7-1-2-8(16-7)12(14)15;/h1-2,6,10H,3-5H2,(H,11,13);1H. The molecule has 2 heterocycles. The van der Waals surface area contributed by atoms with Gasteiger partial charge in [0.15, 0.2) is 0 Å². The van der Waals surface area contributed by atoms with Crippen LogP contribution in [0.15, 0.2) is 12.1 Å². The van der Waals surface area contributed by atoms with Crippen molar-refractivity contribution in [3.8, 4) is 0 Å². The zero-order chi connectivity index (χ0) is 11.5. The monoisotopic (exact) mass is 277 g/mol. The number of carbonyl (C=O) groups excluding carboxylic acids is 1. The zero-order valence-electron chi connectivity index (χ0n) is 8.84. The third-order valence-electron chi connectivity index (χ3n) is 2.39. The Kier molecular flexibility index (Phi) is 4.86. The number of amides is 1. The van der Waals surface area contributed by atoms with Crippen LogP contribution in [0.1, 0.15) is 16.1 Å². The number of hydrogen-bond donors (Lipinski definition) is 2. The Morgan fingerprint density at radius 2 is 2.35 bits per heavy atom. The molecule has 0 aromatic carbocycles. The highest BCUT2D eigenvalue weighted by molar-refractivity contribution is 7.17. The second-order valence-corrected chi connectivity index (χ2v) is 4.62. The first-order valence-electron chi connectivity index (χ1n) is 4.92. The molecule has 17 heavy (non-hydrogen) atoms. The number of hydrogen-bond acceptors (Lipinski definition) is 5. The van der Waals surface area contributed by atoms with Gasteiger partial charge in [-0.15, -0.1) is 12.4 Å². The molecule has 2 rings (SSSR count). The Morgan fingerprint density at radius 3 is 2.88 bits per heavy atom. The molecule has 1 aliphatic rings. The lowest BCUT2D eigenvalue weighted by molar-refractivity contribution is -0.380. The third-order valence-corrected chi connectivity index (χ3v) is 3.43. The molecule has 1 fully saturated rings. The van der Waals surface area contributed by atoms with Crippen LogP contribution in [0.4, 0.5) is 5.00 Å². The Morgan fingerprint density at radius 1 is 1.59 bits per heavy atom. The zero-order valence-corrected chi connectivity index (χ0v) is 10.5. The van der Waals surface area contributed by atoms with Crippen LogP contribution in [-0.4, -0.2) is 30.0 Å². The van der Waals surface area contributed by atoms with Crippen molar-refractivity contribution >= 4 is 34.7 Å². The lowest BCUT2D eigenvalue weighted by atomic mass is 10.2. The average molecular weight is 278 g/mol. The van der Waals surface area contributed by atoms with Gasteiger partial charge in [0.2, 0.25) is 0 Å². The van der Waals surface area contributed by atoms with E-state index in [0.29, 0.717) is 4.88 Å². The lowest BCUT2D eigenvalue weighted by Gasteiger charge is -2.09. The largest absolute Gasteiger partial charge is 0.347 e. The molecule has 94 valence electrons. The summed E-state index contributed by atoms with van der Waals surface area (Å²) in [5.74, 6) is -0.230. The van der Waals surface area contributed by atoms with E-state index >= 15 is 0 Å². The van der Waals surface area contributed by atoms with E-state index in [9.17, 15) is 14.9 Å². The summed E-state index contributed by atoms with van der Waals surface area (Å²) in [6.45, 7) is 1.66. The molecule has 0 aliphatic carbocycles. The Bertz CT molecular complexity index is 417. The molecule has 0 radical (unpaired) electrons. The van der Waals surface area contributed by atoms with Crippen LogP contribution >= 0.6 is 23.7 Å². The molecule has 0 bridgehead atoms. The molecule has 1 aliphatic heterocycles. The van der Waals surface area contributed by atoms with Gasteiger partial charge in [0.1, 0.15) is 0 Å². The van der Waals surface area contributed by atoms with E-state index in [4.69, 9.17) is 0 Å². The first-order chi connectivity index (χ1) is 7.66. The Hall–Kier alpha value is -1.18. The number of thiophene rings is 1. The molecule has 1 aromatic rings. The van der Waals surface area contributed by atoms with Crippen LogP contribution in [-0.2, 0) is 0 Å². The number of nitro groups is 1. The van der Waals surface area contributed by atoms with Crippen molar-refractivity contribution in [3.05, 3.63) is 27.1 Å². The van der Waals surface area contributed by atoms with Gasteiger partial charge in [0.25, 0.3) is 5.91 Å². The normalized spacial score (nSPS) is 18.5. The smallest absolute Gasteiger partial charge is 0.324 e. The summed E-state index contributed by atoms with van der Waals surface area (Å²) in [7, 11) is 0. The van der Waals surface area contributed by atoms with Gasteiger partial charge in [0, 0.05) is 18.7 Å². The minimum absolute atomic E-state index is 0. The molecule has 2 N–H and O–H groups in total. The van der Waals surface area contributed by atoms with Crippen molar-refractivity contribution < 1.29 is 9.72 Å². The van der Waals surface area contributed by atoms with Gasteiger partial charge in [-0.1, -0.05) is 11.3 Å². The van der Waals surface area contributed by atoms with E-state index in [1.54, 1.807) is 0 Å². The highest BCUT2D eigenvalue weighted by Crippen LogP contribution is 2.23. The summed E-state index contributed by atoms with van der Waals surface area (Å²) in [6, 6.07) is 2.97. The highest BCUT2D eigenvalue weighted by atomic mass is 35.5. The maximum Gasteiger partial charge on any atom is 0.324 e. The lowest BCUT2D eigenvalue weighted by Crippen LogP contribution is -2.35. The van der Waals surface area contributed by atoms with Crippen molar-refractivity contribution in [1.82, 2.24) is 10.6 Å². The maximum atomic E-state index is 11.7. The fourth-order valence-corrected chi connectivity index (χ4v) is 2.31. The molecule has 1 aromatic heterocycles. The van der Waals surface area contributed by atoms with E-state index < -0.39 is 4.92 Å². The number of nitrogens with zero attached hydrogens (tertiary/aromatic N) is 1. The highest BCUT2D eigenvalue weighted by Gasteiger charge is 2.20. The second-order valence-electron chi connectivity index (χ2n) is 3.56. The fourth-order valence-electron chi connectivity index (χ4n) is 1.58. The number of rotatable bonds is 3. The first kappa shape index (κ1) is 13.9. The Balaban J connectivity index is 0.00000144. The summed E-state index contributed by atoms with van der Waals surface area (Å²) < 4.78 is 0. The van der Waals surface area contributed by atoms with Gasteiger partial charge >= 0.3 is 5.00 Å². The molecule has 0 saturated carbocycles. The van der Waals surface area contributed by atoms with Crippen LogP contribution in [0.3, 0.4) is 0 Å². The summed E-state index contributed by atoms with van der Waals surface area (Å²) >= 11 is 0.901. The van der Waals surface area contributed by atoms with Crippen molar-refractivity contribution in [3.63, 3.8) is 0 Å². The van der Waals surface area contributed by atoms with Crippen molar-refractivity contribution in [2.45, 2.75) is 12.5 Å². The number of nitrogens with one attached hydrogen (secondary N) is 2. The second kappa shape index (κ2) is 5.95. The number of carbonyl (C=O) groups is 1. The minimum Gasteiger partial charge on any atom is -0.347 e. The molecule has 6 nitrogen and oxygen atoms in total. The van der Waals surface area contributed by atoms with Crippen LogP contribution in [0.2, 0.25) is 0 Å². The van der Waals surface area contributed by atoms with Crippen LogP contribution in [0.25, 0.3) is 0 Å². The molecule has 0 spiro atoms. The third kappa shape index (κ3) is 3.39. The van der Waals surface area contributed by atoms with Gasteiger partial charge in [-0.25, -0.2) is 0 Å². The molecule has 1 unspecified atom stereocenters. The van der Waals surface area contributed by atoms with Crippen molar-refractivity contribution in [1.29, 1.82) is 0 Å². The summed E-state index contributed by atoms with van der Waals surface area (Å²) in [6.07, 6.45) is 0.902. The quantitative estimate of drug-likeness (QED) is 0.642. The van der Waals surface area contributed by atoms with E-state index in [1.165, 1.54) is 12.1 Å². The fraction of sp³-hybridized carbons (Fsp3) is 0.444. The molecular formula is C9H12ClN3O3S. The van der Waals surface area contributed by atoms with E-state index in [-0.39, 0.29) is 29.4 Å².